The Bertz CT molecular complexity index is 405. The number of nitrogen functional groups attached to an aromatic ring is 1. The first kappa shape index (κ1) is 14.3. The van der Waals surface area contributed by atoms with Gasteiger partial charge in [-0.25, -0.2) is 0 Å². The van der Waals surface area contributed by atoms with E-state index in [1.54, 1.807) is 17.1 Å². The van der Waals surface area contributed by atoms with Gasteiger partial charge in [0.05, 0.1) is 30.1 Å². The normalized spacial score (nSPS) is 27.1. The molecule has 0 radical (unpaired) electrons. The van der Waals surface area contributed by atoms with Crippen molar-refractivity contribution in [3.63, 3.8) is 0 Å². The number of β-amino-alcohol motifs (C(OH)–C–C–N with tert-alkyl or cyclic N) is 1. The van der Waals surface area contributed by atoms with Crippen LogP contribution in [0.25, 0.3) is 0 Å². The maximum absolute atomic E-state index is 10.1. The van der Waals surface area contributed by atoms with Crippen molar-refractivity contribution in [2.24, 2.45) is 0 Å². The van der Waals surface area contributed by atoms with Crippen LogP contribution in [0.3, 0.4) is 0 Å². The number of anilines is 1. The van der Waals surface area contributed by atoms with Crippen molar-refractivity contribution in [2.45, 2.75) is 44.4 Å². The summed E-state index contributed by atoms with van der Waals surface area (Å²) in [5.74, 6) is 0. The molecule has 2 rings (SSSR count). The molecule has 19 heavy (non-hydrogen) atoms. The predicted octanol–water partition coefficient (Wildman–Crippen LogP) is 0.0631. The molecule has 1 fully saturated rings. The maximum Gasteiger partial charge on any atom is 0.0862 e. The highest BCUT2D eigenvalue weighted by Gasteiger charge is 2.25. The molecule has 6 heteroatoms. The van der Waals surface area contributed by atoms with Crippen LogP contribution in [-0.4, -0.2) is 56.2 Å². The fourth-order valence-corrected chi connectivity index (χ4v) is 2.55. The van der Waals surface area contributed by atoms with Gasteiger partial charge >= 0.3 is 0 Å². The Balaban J connectivity index is 1.80. The molecule has 6 nitrogen and oxygen atoms in total. The molecular formula is C13H24N4O2. The van der Waals surface area contributed by atoms with Crippen LogP contribution < -0.4 is 5.73 Å². The lowest BCUT2D eigenvalue weighted by Gasteiger charge is -2.24. The van der Waals surface area contributed by atoms with Crippen LogP contribution in [-0.2, 0) is 6.54 Å². The zero-order chi connectivity index (χ0) is 13.9. The van der Waals surface area contributed by atoms with E-state index in [0.717, 1.165) is 32.4 Å². The van der Waals surface area contributed by atoms with E-state index in [9.17, 15) is 10.2 Å². The monoisotopic (exact) mass is 268 g/mol. The van der Waals surface area contributed by atoms with Gasteiger partial charge in [0.15, 0.2) is 0 Å². The van der Waals surface area contributed by atoms with E-state index in [0.29, 0.717) is 18.8 Å². The lowest BCUT2D eigenvalue weighted by molar-refractivity contribution is 0.0412. The second-order valence-electron chi connectivity index (χ2n) is 5.80. The van der Waals surface area contributed by atoms with Crippen LogP contribution >= 0.6 is 0 Å². The first-order chi connectivity index (χ1) is 8.94. The van der Waals surface area contributed by atoms with Crippen LogP contribution in [0.2, 0.25) is 0 Å². The average Bonchev–Trinajstić information content (AvgIpc) is 2.63. The highest BCUT2D eigenvalue weighted by atomic mass is 16.3. The highest BCUT2D eigenvalue weighted by Crippen LogP contribution is 2.21. The second-order valence-corrected chi connectivity index (χ2v) is 5.80. The average molecular weight is 268 g/mol. The molecule has 0 aromatic carbocycles. The molecule has 2 atom stereocenters. The molecule has 2 unspecified atom stereocenters. The molecule has 0 aliphatic carbocycles. The predicted molar refractivity (Wildman–Crippen MR) is 73.6 cm³/mol. The van der Waals surface area contributed by atoms with Crippen LogP contribution in [0.5, 0.6) is 0 Å². The SMILES string of the molecule is CC1(O)CCCN(CC(O)Cn2cc(N)cn2)CC1. The zero-order valence-electron chi connectivity index (χ0n) is 11.5. The Morgan fingerprint density at radius 3 is 2.89 bits per heavy atom. The summed E-state index contributed by atoms with van der Waals surface area (Å²) in [6, 6.07) is 0. The van der Waals surface area contributed by atoms with Crippen molar-refractivity contribution >= 4 is 5.69 Å². The molecule has 2 heterocycles. The van der Waals surface area contributed by atoms with Gasteiger partial charge in [0.25, 0.3) is 0 Å². The molecular weight excluding hydrogens is 244 g/mol. The molecule has 108 valence electrons. The summed E-state index contributed by atoms with van der Waals surface area (Å²) in [5, 5.41) is 24.2. The third-order valence-corrected chi connectivity index (χ3v) is 3.68. The van der Waals surface area contributed by atoms with Gasteiger partial charge in [-0.15, -0.1) is 0 Å². The van der Waals surface area contributed by atoms with Crippen molar-refractivity contribution in [3.05, 3.63) is 12.4 Å². The number of likely N-dealkylation sites (tertiary alicyclic amines) is 1. The number of aliphatic hydroxyl groups excluding tert-OH is 1. The molecule has 0 amide bonds. The lowest BCUT2D eigenvalue weighted by Crippen LogP contribution is -2.36. The summed E-state index contributed by atoms with van der Waals surface area (Å²) >= 11 is 0. The summed E-state index contributed by atoms with van der Waals surface area (Å²) in [4.78, 5) is 2.21. The summed E-state index contributed by atoms with van der Waals surface area (Å²) in [6.45, 7) is 4.69. The van der Waals surface area contributed by atoms with Crippen molar-refractivity contribution in [1.82, 2.24) is 14.7 Å². The zero-order valence-corrected chi connectivity index (χ0v) is 11.5. The Kier molecular flexibility index (Phi) is 4.44. The minimum atomic E-state index is -0.559. The van der Waals surface area contributed by atoms with E-state index in [2.05, 4.69) is 10.00 Å². The summed E-state index contributed by atoms with van der Waals surface area (Å²) in [6.07, 6.45) is 5.38. The number of nitrogens with two attached hydrogens (primary N) is 1. The first-order valence-electron chi connectivity index (χ1n) is 6.85. The maximum atomic E-state index is 10.1. The molecule has 0 saturated carbocycles. The Hall–Kier alpha value is -1.11. The quantitative estimate of drug-likeness (QED) is 0.719. The number of aromatic nitrogens is 2. The van der Waals surface area contributed by atoms with Crippen LogP contribution in [0.15, 0.2) is 12.4 Å². The summed E-state index contributed by atoms with van der Waals surface area (Å²) in [7, 11) is 0. The Morgan fingerprint density at radius 1 is 1.42 bits per heavy atom. The summed E-state index contributed by atoms with van der Waals surface area (Å²) in [5.41, 5.74) is 5.64. The largest absolute Gasteiger partial charge is 0.396 e. The van der Waals surface area contributed by atoms with E-state index in [4.69, 9.17) is 5.73 Å². The van der Waals surface area contributed by atoms with Crippen molar-refractivity contribution in [1.29, 1.82) is 0 Å². The molecule has 4 N–H and O–H groups in total. The molecule has 1 aliphatic rings. The van der Waals surface area contributed by atoms with Crippen LogP contribution in [0.1, 0.15) is 26.2 Å². The van der Waals surface area contributed by atoms with E-state index < -0.39 is 11.7 Å². The fraction of sp³-hybridized carbons (Fsp3) is 0.769. The molecule has 1 saturated heterocycles. The van der Waals surface area contributed by atoms with E-state index in [1.165, 1.54) is 0 Å². The standard InChI is InChI=1S/C13H24N4O2/c1-13(19)3-2-5-16(6-4-13)9-12(18)10-17-8-11(14)7-15-17/h7-8,12,18-19H,2-6,9-10,14H2,1H3. The third-order valence-electron chi connectivity index (χ3n) is 3.68. The molecule has 0 spiro atoms. The van der Waals surface area contributed by atoms with Gasteiger partial charge in [0.2, 0.25) is 0 Å². The minimum absolute atomic E-state index is 0.449. The topological polar surface area (TPSA) is 87.5 Å². The number of hydrogen-bond donors (Lipinski definition) is 3. The van der Waals surface area contributed by atoms with Crippen molar-refractivity contribution in [2.75, 3.05) is 25.4 Å². The smallest absolute Gasteiger partial charge is 0.0862 e. The van der Waals surface area contributed by atoms with E-state index in [1.807, 2.05) is 6.92 Å². The third kappa shape index (κ3) is 4.49. The van der Waals surface area contributed by atoms with E-state index >= 15 is 0 Å². The van der Waals surface area contributed by atoms with Gasteiger partial charge in [-0.05, 0) is 32.7 Å². The van der Waals surface area contributed by atoms with Gasteiger partial charge in [0.1, 0.15) is 0 Å². The number of rotatable bonds is 4. The van der Waals surface area contributed by atoms with Gasteiger partial charge in [-0.2, -0.15) is 5.10 Å². The number of nitrogens with zero attached hydrogens (tertiary/aromatic N) is 3. The Labute approximate surface area is 113 Å². The van der Waals surface area contributed by atoms with Gasteiger partial charge in [-0.3, -0.25) is 4.68 Å². The Morgan fingerprint density at radius 2 is 2.21 bits per heavy atom. The van der Waals surface area contributed by atoms with Gasteiger partial charge in [0, 0.05) is 19.3 Å². The lowest BCUT2D eigenvalue weighted by atomic mass is 9.98. The van der Waals surface area contributed by atoms with Gasteiger partial charge < -0.3 is 20.8 Å². The fourth-order valence-electron chi connectivity index (χ4n) is 2.55. The van der Waals surface area contributed by atoms with Crippen molar-refractivity contribution in [3.8, 4) is 0 Å². The number of hydrogen-bond acceptors (Lipinski definition) is 5. The minimum Gasteiger partial charge on any atom is -0.396 e. The van der Waals surface area contributed by atoms with Gasteiger partial charge in [-0.1, -0.05) is 0 Å². The molecule has 1 aliphatic heterocycles. The molecule has 1 aromatic rings. The van der Waals surface area contributed by atoms with Crippen LogP contribution in [0.4, 0.5) is 5.69 Å². The molecule has 0 bridgehead atoms. The summed E-state index contributed by atoms with van der Waals surface area (Å²) < 4.78 is 1.66. The number of aliphatic hydroxyl groups is 2. The van der Waals surface area contributed by atoms with E-state index in [-0.39, 0.29) is 0 Å². The van der Waals surface area contributed by atoms with Crippen molar-refractivity contribution < 1.29 is 10.2 Å². The second kappa shape index (κ2) is 5.90. The first-order valence-corrected chi connectivity index (χ1v) is 6.85. The highest BCUT2D eigenvalue weighted by molar-refractivity contribution is 5.30. The van der Waals surface area contributed by atoms with Crippen LogP contribution in [0, 0.1) is 0 Å². The molecule has 1 aromatic heterocycles.